The van der Waals surface area contributed by atoms with E-state index in [1.807, 2.05) is 42.5 Å². The Morgan fingerprint density at radius 1 is 0.931 bits per heavy atom. The first kappa shape index (κ1) is 18.0. The Kier molecular flexibility index (Phi) is 4.36. The zero-order chi connectivity index (χ0) is 19.8. The van der Waals surface area contributed by atoms with Crippen molar-refractivity contribution in [3.05, 3.63) is 95.6 Å². The number of likely N-dealkylation sites (tertiary alicyclic amines) is 1. The molecule has 146 valence electrons. The van der Waals surface area contributed by atoms with Crippen molar-refractivity contribution in [2.75, 3.05) is 19.7 Å². The molecule has 1 saturated heterocycles. The van der Waals surface area contributed by atoms with Gasteiger partial charge in [0.15, 0.2) is 0 Å². The van der Waals surface area contributed by atoms with Gasteiger partial charge in [0.1, 0.15) is 6.61 Å². The summed E-state index contributed by atoms with van der Waals surface area (Å²) in [4.78, 5) is 14.5. The summed E-state index contributed by atoms with van der Waals surface area (Å²) < 4.78 is 5.78. The number of benzene rings is 3. The summed E-state index contributed by atoms with van der Waals surface area (Å²) in [5.74, 6) is 0.0747. The minimum atomic E-state index is -0.507. The molecule has 0 aromatic heterocycles. The Balaban J connectivity index is 1.30. The topological polar surface area (TPSA) is 55.6 Å². The molecule has 1 amide bonds. The first-order valence-corrected chi connectivity index (χ1v) is 10.1. The number of fused-ring (bicyclic) bond motifs is 3. The van der Waals surface area contributed by atoms with E-state index in [9.17, 15) is 4.79 Å². The highest BCUT2D eigenvalue weighted by Crippen LogP contribution is 2.44. The van der Waals surface area contributed by atoms with Gasteiger partial charge < -0.3 is 15.4 Å². The summed E-state index contributed by atoms with van der Waals surface area (Å²) in [5, 5.41) is 0. The Morgan fingerprint density at radius 3 is 2.17 bits per heavy atom. The van der Waals surface area contributed by atoms with Gasteiger partial charge in [0.25, 0.3) is 0 Å². The van der Waals surface area contributed by atoms with E-state index in [1.54, 1.807) is 4.90 Å². The van der Waals surface area contributed by atoms with Crippen LogP contribution in [0.1, 0.15) is 29.0 Å². The van der Waals surface area contributed by atoms with Gasteiger partial charge in [0, 0.05) is 19.0 Å². The van der Waals surface area contributed by atoms with Crippen LogP contribution in [0.2, 0.25) is 0 Å². The molecule has 0 bridgehead atoms. The first-order chi connectivity index (χ1) is 14.2. The van der Waals surface area contributed by atoms with Crippen LogP contribution in [0.3, 0.4) is 0 Å². The lowest BCUT2D eigenvalue weighted by Gasteiger charge is -2.25. The van der Waals surface area contributed by atoms with Crippen molar-refractivity contribution >= 4 is 6.09 Å². The van der Waals surface area contributed by atoms with Crippen molar-refractivity contribution < 1.29 is 9.53 Å². The third kappa shape index (κ3) is 3.10. The molecule has 1 aliphatic carbocycles. The van der Waals surface area contributed by atoms with Gasteiger partial charge in [-0.05, 0) is 34.2 Å². The Morgan fingerprint density at radius 2 is 1.52 bits per heavy atom. The minimum absolute atomic E-state index is 0.0747. The molecule has 4 nitrogen and oxygen atoms in total. The van der Waals surface area contributed by atoms with Crippen LogP contribution < -0.4 is 5.73 Å². The van der Waals surface area contributed by atoms with Gasteiger partial charge in [0.2, 0.25) is 0 Å². The Labute approximate surface area is 170 Å². The molecule has 1 unspecified atom stereocenters. The maximum absolute atomic E-state index is 12.8. The fourth-order valence-corrected chi connectivity index (χ4v) is 4.68. The van der Waals surface area contributed by atoms with Crippen molar-refractivity contribution in [3.8, 4) is 11.1 Å². The van der Waals surface area contributed by atoms with E-state index in [-0.39, 0.29) is 12.0 Å². The molecule has 1 fully saturated rings. The van der Waals surface area contributed by atoms with Crippen LogP contribution in [0.15, 0.2) is 78.9 Å². The number of carbonyl (C=O) groups excluding carboxylic acids is 1. The van der Waals surface area contributed by atoms with E-state index < -0.39 is 5.54 Å². The number of ether oxygens (including phenoxy) is 1. The summed E-state index contributed by atoms with van der Waals surface area (Å²) in [6.07, 6.45) is 0.455. The number of carbonyl (C=O) groups is 1. The van der Waals surface area contributed by atoms with Crippen LogP contribution in [0.5, 0.6) is 0 Å². The Bertz CT molecular complexity index is 1000. The molecule has 0 saturated carbocycles. The molecule has 5 rings (SSSR count). The van der Waals surface area contributed by atoms with E-state index in [0.29, 0.717) is 19.7 Å². The van der Waals surface area contributed by atoms with Gasteiger partial charge in [-0.15, -0.1) is 0 Å². The molecule has 29 heavy (non-hydrogen) atoms. The molecule has 3 aromatic carbocycles. The van der Waals surface area contributed by atoms with E-state index in [1.165, 1.54) is 22.3 Å². The average Bonchev–Trinajstić information content (AvgIpc) is 3.32. The molecular weight excluding hydrogens is 360 g/mol. The van der Waals surface area contributed by atoms with Crippen molar-refractivity contribution in [2.24, 2.45) is 5.73 Å². The van der Waals surface area contributed by atoms with E-state index in [2.05, 4.69) is 36.4 Å². The standard InChI is InChI=1S/C25H24N2O2/c26-25(18-8-2-1-3-9-18)14-15-27(17-25)24(28)29-16-23-21-12-6-4-10-19(21)20-11-5-7-13-22(20)23/h1-13,23H,14-17,26H2. The SMILES string of the molecule is NC1(c2ccccc2)CCN(C(=O)OCC2c3ccccc3-c3ccccc32)C1. The zero-order valence-electron chi connectivity index (χ0n) is 16.3. The van der Waals surface area contributed by atoms with Crippen LogP contribution >= 0.6 is 0 Å². The molecule has 3 aromatic rings. The lowest BCUT2D eigenvalue weighted by atomic mass is 9.90. The lowest BCUT2D eigenvalue weighted by molar-refractivity contribution is 0.106. The van der Waals surface area contributed by atoms with Crippen LogP contribution in [0.25, 0.3) is 11.1 Å². The molecule has 2 aliphatic rings. The molecule has 0 spiro atoms. The van der Waals surface area contributed by atoms with Gasteiger partial charge in [-0.2, -0.15) is 0 Å². The van der Waals surface area contributed by atoms with E-state index in [0.717, 1.165) is 12.0 Å². The second-order valence-corrected chi connectivity index (χ2v) is 8.00. The first-order valence-electron chi connectivity index (χ1n) is 10.1. The predicted molar refractivity (Wildman–Crippen MR) is 114 cm³/mol. The summed E-state index contributed by atoms with van der Waals surface area (Å²) in [5.41, 5.74) is 12.1. The lowest BCUT2D eigenvalue weighted by Crippen LogP contribution is -2.41. The molecule has 1 atom stereocenters. The highest BCUT2D eigenvalue weighted by Gasteiger charge is 2.39. The van der Waals surface area contributed by atoms with Gasteiger partial charge >= 0.3 is 6.09 Å². The number of nitrogens with zero attached hydrogens (tertiary/aromatic N) is 1. The van der Waals surface area contributed by atoms with Crippen LogP contribution in [-0.2, 0) is 10.3 Å². The van der Waals surface area contributed by atoms with Crippen molar-refractivity contribution in [2.45, 2.75) is 17.9 Å². The second-order valence-electron chi connectivity index (χ2n) is 8.00. The third-order valence-corrected chi connectivity index (χ3v) is 6.24. The van der Waals surface area contributed by atoms with Crippen molar-refractivity contribution in [3.63, 3.8) is 0 Å². The Hall–Kier alpha value is -3.11. The molecular formula is C25H24N2O2. The largest absolute Gasteiger partial charge is 0.448 e. The molecule has 1 heterocycles. The quantitative estimate of drug-likeness (QED) is 0.724. The van der Waals surface area contributed by atoms with Gasteiger partial charge in [0.05, 0.1) is 5.54 Å². The highest BCUT2D eigenvalue weighted by molar-refractivity contribution is 5.79. The third-order valence-electron chi connectivity index (χ3n) is 6.24. The number of hydrogen-bond donors (Lipinski definition) is 1. The van der Waals surface area contributed by atoms with Crippen LogP contribution in [-0.4, -0.2) is 30.7 Å². The smallest absolute Gasteiger partial charge is 0.409 e. The maximum Gasteiger partial charge on any atom is 0.409 e. The summed E-state index contributed by atoms with van der Waals surface area (Å²) in [6, 6.07) is 26.7. The molecule has 0 radical (unpaired) electrons. The highest BCUT2D eigenvalue weighted by atomic mass is 16.6. The normalized spacial score (nSPS) is 20.4. The summed E-state index contributed by atoms with van der Waals surface area (Å²) in [6.45, 7) is 1.43. The van der Waals surface area contributed by atoms with E-state index >= 15 is 0 Å². The van der Waals surface area contributed by atoms with Crippen molar-refractivity contribution in [1.29, 1.82) is 0 Å². The number of nitrogens with two attached hydrogens (primary N) is 1. The monoisotopic (exact) mass is 384 g/mol. The number of hydrogen-bond acceptors (Lipinski definition) is 3. The van der Waals surface area contributed by atoms with Gasteiger partial charge in [-0.1, -0.05) is 78.9 Å². The fraction of sp³-hybridized carbons (Fsp3) is 0.240. The number of rotatable bonds is 3. The zero-order valence-corrected chi connectivity index (χ0v) is 16.3. The van der Waals surface area contributed by atoms with Crippen LogP contribution in [0.4, 0.5) is 4.79 Å². The predicted octanol–water partition coefficient (Wildman–Crippen LogP) is 4.50. The van der Waals surface area contributed by atoms with Crippen LogP contribution in [0, 0.1) is 0 Å². The molecule has 2 N–H and O–H groups in total. The fourth-order valence-electron chi connectivity index (χ4n) is 4.68. The van der Waals surface area contributed by atoms with Gasteiger partial charge in [-0.3, -0.25) is 0 Å². The maximum atomic E-state index is 12.8. The minimum Gasteiger partial charge on any atom is -0.448 e. The van der Waals surface area contributed by atoms with Crippen molar-refractivity contribution in [1.82, 2.24) is 4.90 Å². The summed E-state index contributed by atoms with van der Waals surface area (Å²) in [7, 11) is 0. The molecule has 1 aliphatic heterocycles. The average molecular weight is 384 g/mol. The van der Waals surface area contributed by atoms with Gasteiger partial charge in [-0.25, -0.2) is 4.79 Å². The second kappa shape index (κ2) is 7.05. The number of amides is 1. The molecule has 4 heteroatoms. The summed E-state index contributed by atoms with van der Waals surface area (Å²) >= 11 is 0. The van der Waals surface area contributed by atoms with E-state index in [4.69, 9.17) is 10.5 Å².